The highest BCUT2D eigenvalue weighted by atomic mass is 15.1. The van der Waals surface area contributed by atoms with Crippen LogP contribution in [0.4, 0.5) is 0 Å². The molecule has 1 N–H and O–H groups in total. The summed E-state index contributed by atoms with van der Waals surface area (Å²) in [5.74, 6) is 0. The maximum atomic E-state index is 4.15. The minimum absolute atomic E-state index is 0.184. The summed E-state index contributed by atoms with van der Waals surface area (Å²) in [7, 11) is 0. The van der Waals surface area contributed by atoms with Gasteiger partial charge in [-0.15, -0.1) is 0 Å². The second-order valence-electron chi connectivity index (χ2n) is 5.58. The van der Waals surface area contributed by atoms with Crippen molar-refractivity contribution < 1.29 is 0 Å². The molecule has 0 saturated heterocycles. The zero-order chi connectivity index (χ0) is 12.6. The zero-order valence-electron chi connectivity index (χ0n) is 11.9. The van der Waals surface area contributed by atoms with Crippen molar-refractivity contribution in [2.24, 2.45) is 0 Å². The molecule has 2 heteroatoms. The topological polar surface area (TPSA) is 15.3 Å². The van der Waals surface area contributed by atoms with E-state index in [9.17, 15) is 0 Å². The third kappa shape index (κ3) is 8.93. The minimum Gasteiger partial charge on any atom is -0.308 e. The SMILES string of the molecule is C=C(CNC(C)(C)C)CN(CC)CCCC. The molecule has 0 aromatic heterocycles. The Bertz CT molecular complexity index is 191. The van der Waals surface area contributed by atoms with Crippen molar-refractivity contribution in [2.45, 2.75) is 53.0 Å². The molecule has 0 spiro atoms. The number of likely N-dealkylation sites (N-methyl/N-ethyl adjacent to an activating group) is 1. The van der Waals surface area contributed by atoms with E-state index in [0.717, 1.165) is 19.6 Å². The Labute approximate surface area is 102 Å². The first-order valence-corrected chi connectivity index (χ1v) is 6.53. The van der Waals surface area contributed by atoms with Crippen LogP contribution in [0.5, 0.6) is 0 Å². The highest BCUT2D eigenvalue weighted by molar-refractivity contribution is 5.01. The summed E-state index contributed by atoms with van der Waals surface area (Å²) < 4.78 is 0. The van der Waals surface area contributed by atoms with Crippen molar-refractivity contribution in [3.63, 3.8) is 0 Å². The molecule has 0 aromatic carbocycles. The molecule has 0 aliphatic rings. The lowest BCUT2D eigenvalue weighted by atomic mass is 10.1. The van der Waals surface area contributed by atoms with Gasteiger partial charge in [0.05, 0.1) is 0 Å². The smallest absolute Gasteiger partial charge is 0.0202 e. The lowest BCUT2D eigenvalue weighted by Crippen LogP contribution is -2.39. The van der Waals surface area contributed by atoms with Gasteiger partial charge in [-0.1, -0.05) is 26.8 Å². The fourth-order valence-corrected chi connectivity index (χ4v) is 1.49. The molecule has 0 saturated carbocycles. The van der Waals surface area contributed by atoms with E-state index in [2.05, 4.69) is 51.4 Å². The van der Waals surface area contributed by atoms with Crippen LogP contribution < -0.4 is 5.32 Å². The van der Waals surface area contributed by atoms with Crippen LogP contribution in [0.15, 0.2) is 12.2 Å². The Hall–Kier alpha value is -0.340. The maximum absolute atomic E-state index is 4.15. The van der Waals surface area contributed by atoms with E-state index < -0.39 is 0 Å². The summed E-state index contributed by atoms with van der Waals surface area (Å²) in [5.41, 5.74) is 1.47. The standard InChI is InChI=1S/C14H30N2/c1-7-9-10-16(8-2)12-13(3)11-15-14(4,5)6/h15H,3,7-12H2,1-2,4-6H3. The normalized spacial score (nSPS) is 12.1. The number of hydrogen-bond acceptors (Lipinski definition) is 2. The number of nitrogens with one attached hydrogen (secondary N) is 1. The summed E-state index contributed by atoms with van der Waals surface area (Å²) in [5, 5.41) is 3.48. The first-order chi connectivity index (χ1) is 7.39. The molecule has 0 atom stereocenters. The molecule has 0 rings (SSSR count). The van der Waals surface area contributed by atoms with Crippen LogP contribution in [0.25, 0.3) is 0 Å². The van der Waals surface area contributed by atoms with Gasteiger partial charge >= 0.3 is 0 Å². The molecule has 0 bridgehead atoms. The van der Waals surface area contributed by atoms with Gasteiger partial charge in [0, 0.05) is 18.6 Å². The van der Waals surface area contributed by atoms with Crippen LogP contribution in [0.1, 0.15) is 47.5 Å². The van der Waals surface area contributed by atoms with Crippen molar-refractivity contribution in [2.75, 3.05) is 26.2 Å². The second-order valence-corrected chi connectivity index (χ2v) is 5.58. The number of nitrogens with zero attached hydrogens (tertiary/aromatic N) is 1. The van der Waals surface area contributed by atoms with Gasteiger partial charge in [0.15, 0.2) is 0 Å². The van der Waals surface area contributed by atoms with E-state index in [4.69, 9.17) is 0 Å². The van der Waals surface area contributed by atoms with E-state index >= 15 is 0 Å². The summed E-state index contributed by atoms with van der Waals surface area (Å²) in [6.45, 7) is 19.4. The minimum atomic E-state index is 0.184. The molecule has 16 heavy (non-hydrogen) atoms. The van der Waals surface area contributed by atoms with Crippen LogP contribution >= 0.6 is 0 Å². The molecule has 0 aliphatic carbocycles. The monoisotopic (exact) mass is 226 g/mol. The van der Waals surface area contributed by atoms with Gasteiger partial charge < -0.3 is 5.32 Å². The Morgan fingerprint density at radius 1 is 1.25 bits per heavy atom. The van der Waals surface area contributed by atoms with Crippen LogP contribution in [0, 0.1) is 0 Å². The molecule has 0 radical (unpaired) electrons. The number of hydrogen-bond donors (Lipinski definition) is 1. The predicted octanol–water partition coefficient (Wildman–Crippen LogP) is 3.05. The third-order valence-corrected chi connectivity index (χ3v) is 2.59. The molecular weight excluding hydrogens is 196 g/mol. The van der Waals surface area contributed by atoms with Crippen molar-refractivity contribution in [1.82, 2.24) is 10.2 Å². The molecule has 2 nitrogen and oxygen atoms in total. The fourth-order valence-electron chi connectivity index (χ4n) is 1.49. The van der Waals surface area contributed by atoms with Crippen LogP contribution in [0.2, 0.25) is 0 Å². The number of unbranched alkanes of at least 4 members (excludes halogenated alkanes) is 1. The Morgan fingerprint density at radius 3 is 2.31 bits per heavy atom. The van der Waals surface area contributed by atoms with E-state index in [1.165, 1.54) is 25.0 Å². The second kappa shape index (κ2) is 7.86. The van der Waals surface area contributed by atoms with E-state index in [1.807, 2.05) is 0 Å². The number of rotatable bonds is 8. The fraction of sp³-hybridized carbons (Fsp3) is 0.857. The van der Waals surface area contributed by atoms with Crippen molar-refractivity contribution in [1.29, 1.82) is 0 Å². The highest BCUT2D eigenvalue weighted by Gasteiger charge is 2.10. The van der Waals surface area contributed by atoms with Crippen LogP contribution in [-0.2, 0) is 0 Å². The molecule has 0 fully saturated rings. The summed E-state index contributed by atoms with van der Waals surface area (Å²) in [6.07, 6.45) is 2.55. The molecule has 0 aromatic rings. The summed E-state index contributed by atoms with van der Waals surface area (Å²) in [6, 6.07) is 0. The Balaban J connectivity index is 3.83. The average Bonchev–Trinajstić information content (AvgIpc) is 2.20. The van der Waals surface area contributed by atoms with Crippen LogP contribution in [0.3, 0.4) is 0 Å². The van der Waals surface area contributed by atoms with Gasteiger partial charge in [-0.25, -0.2) is 0 Å². The zero-order valence-corrected chi connectivity index (χ0v) is 11.9. The average molecular weight is 226 g/mol. The quantitative estimate of drug-likeness (QED) is 0.640. The molecule has 0 heterocycles. The summed E-state index contributed by atoms with van der Waals surface area (Å²) >= 11 is 0. The van der Waals surface area contributed by atoms with Gasteiger partial charge in [-0.05, 0) is 45.9 Å². The highest BCUT2D eigenvalue weighted by Crippen LogP contribution is 2.03. The summed E-state index contributed by atoms with van der Waals surface area (Å²) in [4.78, 5) is 2.47. The van der Waals surface area contributed by atoms with E-state index in [0.29, 0.717) is 0 Å². The predicted molar refractivity (Wildman–Crippen MR) is 73.9 cm³/mol. The van der Waals surface area contributed by atoms with Gasteiger partial charge in [0.25, 0.3) is 0 Å². The van der Waals surface area contributed by atoms with Gasteiger partial charge in [-0.3, -0.25) is 4.90 Å². The van der Waals surface area contributed by atoms with Gasteiger partial charge in [0.2, 0.25) is 0 Å². The molecular formula is C14H30N2. The van der Waals surface area contributed by atoms with E-state index in [1.54, 1.807) is 0 Å². The largest absolute Gasteiger partial charge is 0.308 e. The van der Waals surface area contributed by atoms with Crippen molar-refractivity contribution >= 4 is 0 Å². The first-order valence-electron chi connectivity index (χ1n) is 6.53. The van der Waals surface area contributed by atoms with Crippen molar-refractivity contribution in [3.05, 3.63) is 12.2 Å². The third-order valence-electron chi connectivity index (χ3n) is 2.59. The van der Waals surface area contributed by atoms with E-state index in [-0.39, 0.29) is 5.54 Å². The maximum Gasteiger partial charge on any atom is 0.0202 e. The Morgan fingerprint density at radius 2 is 1.88 bits per heavy atom. The van der Waals surface area contributed by atoms with Crippen LogP contribution in [-0.4, -0.2) is 36.6 Å². The molecule has 0 aliphatic heterocycles. The lowest BCUT2D eigenvalue weighted by molar-refractivity contribution is 0.302. The molecule has 0 amide bonds. The lowest BCUT2D eigenvalue weighted by Gasteiger charge is -2.25. The van der Waals surface area contributed by atoms with Crippen molar-refractivity contribution in [3.8, 4) is 0 Å². The van der Waals surface area contributed by atoms with Gasteiger partial charge in [0.1, 0.15) is 0 Å². The first kappa shape index (κ1) is 15.7. The molecule has 96 valence electrons. The Kier molecular flexibility index (Phi) is 7.69. The van der Waals surface area contributed by atoms with Gasteiger partial charge in [-0.2, -0.15) is 0 Å². The molecule has 0 unspecified atom stereocenters.